The van der Waals surface area contributed by atoms with Crippen LogP contribution in [0.25, 0.3) is 0 Å². The first-order valence-electron chi connectivity index (χ1n) is 10.2. The molecule has 1 amide bonds. The van der Waals surface area contributed by atoms with E-state index in [-0.39, 0.29) is 11.1 Å². The van der Waals surface area contributed by atoms with E-state index in [1.54, 1.807) is 0 Å². The number of hydrogen-bond acceptors (Lipinski definition) is 4. The molecule has 5 nitrogen and oxygen atoms in total. The standard InChI is InChI=1S/C22H34N2O3/c1-21(2,3)24-20(26)27-19(13-16-7-5-4-6-8-16)18(25)15-23-22-11-9-17(14-22)10-12-22/h4-8,17-19,23,25H,9-15H2,1-3H3,(H,24,26)/t17?,18-,19+,22?/m1/s1. The summed E-state index contributed by atoms with van der Waals surface area (Å²) < 4.78 is 5.64. The Balaban J connectivity index is 1.61. The molecule has 0 aromatic heterocycles. The van der Waals surface area contributed by atoms with Crippen LogP contribution in [0.5, 0.6) is 0 Å². The third kappa shape index (κ3) is 5.69. The molecule has 1 aromatic rings. The van der Waals surface area contributed by atoms with Gasteiger partial charge in [0.25, 0.3) is 0 Å². The normalized spacial score (nSPS) is 26.6. The zero-order valence-corrected chi connectivity index (χ0v) is 16.8. The maximum atomic E-state index is 12.3. The molecule has 2 aliphatic carbocycles. The summed E-state index contributed by atoms with van der Waals surface area (Å²) in [4.78, 5) is 12.3. The van der Waals surface area contributed by atoms with Crippen molar-refractivity contribution in [2.45, 2.75) is 82.6 Å². The molecule has 2 bridgehead atoms. The van der Waals surface area contributed by atoms with Crippen molar-refractivity contribution in [3.8, 4) is 0 Å². The fourth-order valence-corrected chi connectivity index (χ4v) is 4.47. The lowest BCUT2D eigenvalue weighted by atomic mass is 9.93. The Morgan fingerprint density at radius 1 is 1.26 bits per heavy atom. The van der Waals surface area contributed by atoms with Crippen LogP contribution in [0.15, 0.2) is 30.3 Å². The first kappa shape index (κ1) is 20.2. The molecule has 5 heteroatoms. The molecule has 3 rings (SSSR count). The minimum absolute atomic E-state index is 0.191. The van der Waals surface area contributed by atoms with Crippen LogP contribution in [0, 0.1) is 5.92 Å². The second-order valence-electron chi connectivity index (χ2n) is 9.38. The van der Waals surface area contributed by atoms with Gasteiger partial charge in [0.2, 0.25) is 0 Å². The van der Waals surface area contributed by atoms with Crippen molar-refractivity contribution in [1.82, 2.24) is 10.6 Å². The van der Waals surface area contributed by atoms with Gasteiger partial charge >= 0.3 is 6.09 Å². The SMILES string of the molecule is CC(C)(C)NC(=O)O[C@@H](Cc1ccccc1)[C@H](O)CNC12CCC(CC1)C2. The van der Waals surface area contributed by atoms with E-state index in [4.69, 9.17) is 4.74 Å². The van der Waals surface area contributed by atoms with Crippen molar-refractivity contribution >= 4 is 6.09 Å². The summed E-state index contributed by atoms with van der Waals surface area (Å²) in [5, 5.41) is 17.3. The third-order valence-corrected chi connectivity index (χ3v) is 5.87. The second kappa shape index (κ2) is 8.19. The van der Waals surface area contributed by atoms with Crippen LogP contribution in [0.4, 0.5) is 4.79 Å². The van der Waals surface area contributed by atoms with E-state index < -0.39 is 18.3 Å². The topological polar surface area (TPSA) is 70.6 Å². The molecule has 2 atom stereocenters. The zero-order chi connectivity index (χ0) is 19.5. The largest absolute Gasteiger partial charge is 0.443 e. The average molecular weight is 375 g/mol. The summed E-state index contributed by atoms with van der Waals surface area (Å²) in [5.41, 5.74) is 0.862. The van der Waals surface area contributed by atoms with Crippen molar-refractivity contribution in [3.05, 3.63) is 35.9 Å². The Morgan fingerprint density at radius 3 is 2.48 bits per heavy atom. The molecular formula is C22H34N2O3. The van der Waals surface area contributed by atoms with Gasteiger partial charge < -0.3 is 20.5 Å². The van der Waals surface area contributed by atoms with Crippen LogP contribution >= 0.6 is 0 Å². The van der Waals surface area contributed by atoms with E-state index in [1.165, 1.54) is 32.1 Å². The molecule has 0 spiro atoms. The Morgan fingerprint density at radius 2 is 1.93 bits per heavy atom. The predicted molar refractivity (Wildman–Crippen MR) is 107 cm³/mol. The molecule has 0 unspecified atom stereocenters. The van der Waals surface area contributed by atoms with Crippen LogP contribution in [0.3, 0.4) is 0 Å². The monoisotopic (exact) mass is 374 g/mol. The number of aliphatic hydroxyl groups excluding tert-OH is 1. The molecule has 2 fully saturated rings. The van der Waals surface area contributed by atoms with Crippen molar-refractivity contribution in [1.29, 1.82) is 0 Å². The van der Waals surface area contributed by atoms with Crippen LogP contribution < -0.4 is 10.6 Å². The summed E-state index contributed by atoms with van der Waals surface area (Å²) in [7, 11) is 0. The van der Waals surface area contributed by atoms with Gasteiger partial charge in [-0.25, -0.2) is 4.79 Å². The van der Waals surface area contributed by atoms with Gasteiger partial charge in [0.15, 0.2) is 0 Å². The predicted octanol–water partition coefficient (Wildman–Crippen LogP) is 3.41. The first-order valence-corrected chi connectivity index (χ1v) is 10.2. The molecule has 27 heavy (non-hydrogen) atoms. The summed E-state index contributed by atoms with van der Waals surface area (Å²) in [5.74, 6) is 0.851. The number of β-amino-alcohol motifs (C(OH)–C–C–N with tert-alkyl or cyclic N) is 1. The lowest BCUT2D eigenvalue weighted by Crippen LogP contribution is -2.50. The molecule has 2 aliphatic rings. The van der Waals surface area contributed by atoms with Gasteiger partial charge in [-0.05, 0) is 64.4 Å². The van der Waals surface area contributed by atoms with E-state index in [2.05, 4.69) is 10.6 Å². The van der Waals surface area contributed by atoms with Gasteiger partial charge in [-0.15, -0.1) is 0 Å². The number of carbonyl (C=O) groups excluding carboxylic acids is 1. The maximum Gasteiger partial charge on any atom is 0.407 e. The lowest BCUT2D eigenvalue weighted by molar-refractivity contribution is -0.00183. The van der Waals surface area contributed by atoms with Gasteiger partial charge in [0.1, 0.15) is 12.2 Å². The van der Waals surface area contributed by atoms with E-state index >= 15 is 0 Å². The Kier molecular flexibility index (Phi) is 6.11. The van der Waals surface area contributed by atoms with Crippen molar-refractivity contribution in [2.24, 2.45) is 5.92 Å². The van der Waals surface area contributed by atoms with E-state index in [9.17, 15) is 9.90 Å². The molecular weight excluding hydrogens is 340 g/mol. The summed E-state index contributed by atoms with van der Waals surface area (Å²) >= 11 is 0. The molecule has 0 radical (unpaired) electrons. The van der Waals surface area contributed by atoms with Gasteiger partial charge in [0, 0.05) is 24.0 Å². The number of alkyl carbamates (subject to hydrolysis) is 1. The number of amides is 1. The molecule has 0 heterocycles. The van der Waals surface area contributed by atoms with Gasteiger partial charge in [-0.2, -0.15) is 0 Å². The number of hydrogen-bond donors (Lipinski definition) is 3. The Hall–Kier alpha value is -1.59. The van der Waals surface area contributed by atoms with Gasteiger partial charge in [-0.1, -0.05) is 30.3 Å². The second-order valence-corrected chi connectivity index (χ2v) is 9.38. The minimum atomic E-state index is -0.745. The molecule has 2 saturated carbocycles. The van der Waals surface area contributed by atoms with Gasteiger partial charge in [0.05, 0.1) is 0 Å². The number of nitrogens with one attached hydrogen (secondary N) is 2. The van der Waals surface area contributed by atoms with Crippen LogP contribution in [0.1, 0.15) is 58.4 Å². The van der Waals surface area contributed by atoms with E-state index in [0.717, 1.165) is 11.5 Å². The van der Waals surface area contributed by atoms with Gasteiger partial charge in [-0.3, -0.25) is 0 Å². The van der Waals surface area contributed by atoms with Crippen LogP contribution in [-0.2, 0) is 11.2 Å². The zero-order valence-electron chi connectivity index (χ0n) is 16.8. The van der Waals surface area contributed by atoms with Crippen molar-refractivity contribution in [3.63, 3.8) is 0 Å². The Bertz CT molecular complexity index is 618. The highest BCUT2D eigenvalue weighted by molar-refractivity contribution is 5.68. The number of carbonyl (C=O) groups is 1. The van der Waals surface area contributed by atoms with E-state index in [1.807, 2.05) is 51.1 Å². The third-order valence-electron chi connectivity index (χ3n) is 5.87. The minimum Gasteiger partial charge on any atom is -0.443 e. The van der Waals surface area contributed by atoms with Crippen molar-refractivity contribution < 1.29 is 14.6 Å². The Labute approximate surface area is 162 Å². The summed E-state index contributed by atoms with van der Waals surface area (Å²) in [6.45, 7) is 6.18. The number of fused-ring (bicyclic) bond motifs is 2. The lowest BCUT2D eigenvalue weighted by Gasteiger charge is -2.32. The highest BCUT2D eigenvalue weighted by atomic mass is 16.6. The molecule has 3 N–H and O–H groups in total. The first-order chi connectivity index (χ1) is 12.7. The molecule has 0 saturated heterocycles. The molecule has 150 valence electrons. The highest BCUT2D eigenvalue weighted by Gasteiger charge is 2.44. The molecule has 0 aliphatic heterocycles. The summed E-state index contributed by atoms with van der Waals surface area (Å²) in [6, 6.07) is 9.87. The average Bonchev–Trinajstić information content (AvgIpc) is 3.20. The quantitative estimate of drug-likeness (QED) is 0.684. The fourth-order valence-electron chi connectivity index (χ4n) is 4.47. The number of rotatable bonds is 7. The number of aliphatic hydroxyl groups is 1. The van der Waals surface area contributed by atoms with Crippen LogP contribution in [-0.4, -0.2) is 41.0 Å². The highest BCUT2D eigenvalue weighted by Crippen LogP contribution is 2.47. The number of ether oxygens (including phenoxy) is 1. The summed E-state index contributed by atoms with van der Waals surface area (Å²) in [6.07, 6.45) is 4.87. The smallest absolute Gasteiger partial charge is 0.407 e. The van der Waals surface area contributed by atoms with E-state index in [0.29, 0.717) is 13.0 Å². The van der Waals surface area contributed by atoms with Crippen LogP contribution in [0.2, 0.25) is 0 Å². The number of benzene rings is 1. The molecule has 1 aromatic carbocycles. The van der Waals surface area contributed by atoms with Crippen molar-refractivity contribution in [2.75, 3.05) is 6.54 Å². The fraction of sp³-hybridized carbons (Fsp3) is 0.682. The maximum absolute atomic E-state index is 12.3.